The van der Waals surface area contributed by atoms with Gasteiger partial charge in [-0.1, -0.05) is 6.92 Å². The van der Waals surface area contributed by atoms with Crippen LogP contribution in [0, 0.1) is 0 Å². The third-order valence-electron chi connectivity index (χ3n) is 5.01. The minimum absolute atomic E-state index is 0.0172. The minimum Gasteiger partial charge on any atom is -0.460 e. The van der Waals surface area contributed by atoms with Gasteiger partial charge in [-0.2, -0.15) is 0 Å². The van der Waals surface area contributed by atoms with Crippen LogP contribution in [0.25, 0.3) is 0 Å². The van der Waals surface area contributed by atoms with Crippen molar-refractivity contribution < 1.29 is 63.9 Å². The van der Waals surface area contributed by atoms with Crippen LogP contribution >= 0.6 is 0 Å². The van der Waals surface area contributed by atoms with E-state index < -0.39 is 86.6 Å². The van der Waals surface area contributed by atoms with Gasteiger partial charge in [0.15, 0.2) is 12.4 Å². The van der Waals surface area contributed by atoms with Crippen LogP contribution < -0.4 is 0 Å². The number of rotatable bonds is 9. The van der Waals surface area contributed by atoms with E-state index in [1.165, 1.54) is 0 Å². The number of aliphatic hydroxyl groups is 6. The fourth-order valence-corrected chi connectivity index (χ4v) is 3.37. The summed E-state index contributed by atoms with van der Waals surface area (Å²) in [7, 11) is 0. The number of aliphatic hydroxyl groups excluding tert-OH is 6. The second-order valence-electron chi connectivity index (χ2n) is 7.40. The van der Waals surface area contributed by atoms with Gasteiger partial charge >= 0.3 is 11.9 Å². The van der Waals surface area contributed by atoms with E-state index in [4.69, 9.17) is 23.7 Å². The van der Waals surface area contributed by atoms with Gasteiger partial charge in [-0.3, -0.25) is 9.59 Å². The first kappa shape index (κ1) is 25.8. The lowest BCUT2D eigenvalue weighted by molar-refractivity contribution is -0.384. The van der Waals surface area contributed by atoms with E-state index in [1.54, 1.807) is 6.92 Å². The molecule has 31 heavy (non-hydrogen) atoms. The molecule has 2 aliphatic heterocycles. The van der Waals surface area contributed by atoms with E-state index in [9.17, 15) is 40.2 Å². The Morgan fingerprint density at radius 3 is 2.16 bits per heavy atom. The summed E-state index contributed by atoms with van der Waals surface area (Å²) in [5.41, 5.74) is 0. The molecule has 13 nitrogen and oxygen atoms in total. The summed E-state index contributed by atoms with van der Waals surface area (Å²) in [6.45, 7) is 0.599. The van der Waals surface area contributed by atoms with Crippen molar-refractivity contribution in [3.63, 3.8) is 0 Å². The highest BCUT2D eigenvalue weighted by molar-refractivity contribution is 5.69. The molecule has 0 spiro atoms. The van der Waals surface area contributed by atoms with Crippen molar-refractivity contribution in [1.29, 1.82) is 0 Å². The van der Waals surface area contributed by atoms with Crippen molar-refractivity contribution in [2.75, 3.05) is 19.8 Å². The summed E-state index contributed by atoms with van der Waals surface area (Å²) >= 11 is 0. The van der Waals surface area contributed by atoms with E-state index in [0.717, 1.165) is 6.92 Å². The number of ether oxygens (including phenoxy) is 5. The summed E-state index contributed by atoms with van der Waals surface area (Å²) in [4.78, 5) is 23.5. The quantitative estimate of drug-likeness (QED) is 0.188. The second kappa shape index (κ2) is 10.9. The predicted molar refractivity (Wildman–Crippen MR) is 97.0 cm³/mol. The van der Waals surface area contributed by atoms with Crippen molar-refractivity contribution in [2.24, 2.45) is 0 Å². The molecule has 2 aliphatic rings. The first-order valence-corrected chi connectivity index (χ1v) is 9.88. The third-order valence-corrected chi connectivity index (χ3v) is 5.01. The van der Waals surface area contributed by atoms with Gasteiger partial charge in [0.2, 0.25) is 5.79 Å². The zero-order chi connectivity index (χ0) is 23.3. The van der Waals surface area contributed by atoms with Gasteiger partial charge in [-0.15, -0.1) is 0 Å². The van der Waals surface area contributed by atoms with Crippen LogP contribution in [0.1, 0.15) is 26.7 Å². The Labute approximate surface area is 178 Å². The molecule has 2 heterocycles. The van der Waals surface area contributed by atoms with E-state index in [2.05, 4.69) is 0 Å². The maximum Gasteiger partial charge on any atom is 0.306 e. The van der Waals surface area contributed by atoms with Gasteiger partial charge < -0.3 is 54.3 Å². The SMILES string of the molecule is CCCC(=O)O[C@H]1[C@H](O)[C@@H](CO)O[C@@]1(COC(C)=O)O[C@H]1O[C@H](CO)[C@@H](O)[C@H](O)[C@H]1O. The smallest absolute Gasteiger partial charge is 0.306 e. The fraction of sp³-hybridized carbons (Fsp3) is 0.889. The zero-order valence-corrected chi connectivity index (χ0v) is 17.2. The van der Waals surface area contributed by atoms with Crippen molar-refractivity contribution in [1.82, 2.24) is 0 Å². The highest BCUT2D eigenvalue weighted by Crippen LogP contribution is 2.38. The van der Waals surface area contributed by atoms with Crippen LogP contribution in [0.5, 0.6) is 0 Å². The lowest BCUT2D eigenvalue weighted by atomic mass is 9.99. The molecule has 13 heteroatoms. The molecule has 6 N–H and O–H groups in total. The second-order valence-corrected chi connectivity index (χ2v) is 7.40. The topological polar surface area (TPSA) is 202 Å². The number of esters is 2. The maximum absolute atomic E-state index is 12.1. The largest absolute Gasteiger partial charge is 0.460 e. The van der Waals surface area contributed by atoms with E-state index in [-0.39, 0.29) is 6.42 Å². The van der Waals surface area contributed by atoms with Crippen molar-refractivity contribution in [3.05, 3.63) is 0 Å². The van der Waals surface area contributed by atoms with Crippen LogP contribution in [0.4, 0.5) is 0 Å². The molecule has 0 saturated carbocycles. The van der Waals surface area contributed by atoms with Gasteiger partial charge in [-0.05, 0) is 6.42 Å². The van der Waals surface area contributed by atoms with Gasteiger partial charge in [0, 0.05) is 13.3 Å². The molecule has 0 bridgehead atoms. The minimum atomic E-state index is -2.24. The Bertz CT molecular complexity index is 613. The average molecular weight is 454 g/mol. The molecule has 2 fully saturated rings. The number of carbonyl (C=O) groups excluding carboxylic acids is 2. The maximum atomic E-state index is 12.1. The molecule has 0 radical (unpaired) electrons. The first-order chi connectivity index (χ1) is 14.6. The lowest BCUT2D eigenvalue weighted by Crippen LogP contribution is -2.63. The van der Waals surface area contributed by atoms with Gasteiger partial charge in [0.05, 0.1) is 13.2 Å². The van der Waals surface area contributed by atoms with Crippen molar-refractivity contribution >= 4 is 11.9 Å². The molecule has 9 atom stereocenters. The Morgan fingerprint density at radius 1 is 0.968 bits per heavy atom. The molecular formula is C18H30O13. The van der Waals surface area contributed by atoms with Crippen LogP contribution in [-0.4, -0.2) is 117 Å². The van der Waals surface area contributed by atoms with Crippen molar-refractivity contribution in [3.8, 4) is 0 Å². The van der Waals surface area contributed by atoms with Crippen LogP contribution in [-0.2, 0) is 33.3 Å². The molecule has 0 aliphatic carbocycles. The summed E-state index contributed by atoms with van der Waals surface area (Å²) < 4.78 is 26.7. The molecule has 0 aromatic heterocycles. The molecule has 180 valence electrons. The van der Waals surface area contributed by atoms with E-state index in [1.807, 2.05) is 0 Å². The third kappa shape index (κ3) is 5.69. The van der Waals surface area contributed by atoms with E-state index >= 15 is 0 Å². The molecule has 0 aromatic rings. The van der Waals surface area contributed by atoms with Gasteiger partial charge in [0.25, 0.3) is 0 Å². The van der Waals surface area contributed by atoms with Crippen LogP contribution in [0.3, 0.4) is 0 Å². The highest BCUT2D eigenvalue weighted by Gasteiger charge is 2.61. The summed E-state index contributed by atoms with van der Waals surface area (Å²) in [6.07, 6.45) is -12.5. The normalized spacial score (nSPS) is 40.5. The fourth-order valence-electron chi connectivity index (χ4n) is 3.37. The Morgan fingerprint density at radius 2 is 1.61 bits per heavy atom. The summed E-state index contributed by atoms with van der Waals surface area (Å²) in [5, 5.41) is 59.7. The predicted octanol–water partition coefficient (Wildman–Crippen LogP) is -3.47. The average Bonchev–Trinajstić information content (AvgIpc) is 2.98. The Balaban J connectivity index is 2.38. The van der Waals surface area contributed by atoms with Gasteiger partial charge in [-0.25, -0.2) is 0 Å². The molecular weight excluding hydrogens is 424 g/mol. The summed E-state index contributed by atoms with van der Waals surface area (Å²) in [5.74, 6) is -3.76. The zero-order valence-electron chi connectivity index (χ0n) is 17.2. The molecule has 2 rings (SSSR count). The van der Waals surface area contributed by atoms with Crippen LogP contribution in [0.15, 0.2) is 0 Å². The summed E-state index contributed by atoms with van der Waals surface area (Å²) in [6, 6.07) is 0. The number of carbonyl (C=O) groups is 2. The first-order valence-electron chi connectivity index (χ1n) is 9.88. The molecule has 0 unspecified atom stereocenters. The number of hydrogen-bond acceptors (Lipinski definition) is 13. The van der Waals surface area contributed by atoms with Crippen LogP contribution in [0.2, 0.25) is 0 Å². The van der Waals surface area contributed by atoms with Gasteiger partial charge in [0.1, 0.15) is 43.2 Å². The standard InChI is InChI=1S/C18H30O13/c1-3-4-11(22)29-16-13(24)10(6-20)30-18(16,7-27-8(2)21)31-17-15(26)14(25)12(23)9(5-19)28-17/h9-10,12-17,19-20,23-26H,3-7H2,1-2H3/t9-,10-,12-,13-,14+,15-,16+,17-,18+/m1/s1. The molecule has 0 aromatic carbocycles. The molecule has 2 saturated heterocycles. The van der Waals surface area contributed by atoms with E-state index in [0.29, 0.717) is 6.42 Å². The Hall–Kier alpha value is -1.42. The molecule has 0 amide bonds. The lowest BCUT2D eigenvalue weighted by Gasteiger charge is -2.43. The Kier molecular flexibility index (Phi) is 9.12. The highest BCUT2D eigenvalue weighted by atomic mass is 16.8. The van der Waals surface area contributed by atoms with Crippen molar-refractivity contribution in [2.45, 2.75) is 81.5 Å². The number of hydrogen-bond donors (Lipinski definition) is 6. The monoisotopic (exact) mass is 454 g/mol.